The number of carbonyl (C=O) groups is 2. The average molecular weight is 316 g/mol. The molecule has 0 aromatic carbocycles. The van der Waals surface area contributed by atoms with Crippen molar-refractivity contribution in [2.75, 3.05) is 26.9 Å². The van der Waals surface area contributed by atoms with E-state index in [9.17, 15) is 9.59 Å². The predicted octanol–water partition coefficient (Wildman–Crippen LogP) is 3.35. The first kappa shape index (κ1) is 20.9. The molecule has 22 heavy (non-hydrogen) atoms. The highest BCUT2D eigenvalue weighted by Gasteiger charge is 2.42. The number of carbonyl (C=O) groups excluding carboxylic acids is 2. The van der Waals surface area contributed by atoms with Gasteiger partial charge in [-0.2, -0.15) is 0 Å². The van der Waals surface area contributed by atoms with Gasteiger partial charge < -0.3 is 14.2 Å². The molecule has 0 saturated heterocycles. The highest BCUT2D eigenvalue weighted by atomic mass is 16.6. The largest absolute Gasteiger partial charge is 0.465 e. The molecular formula is C17H32O5. The fourth-order valence-electron chi connectivity index (χ4n) is 2.29. The lowest BCUT2D eigenvalue weighted by Crippen LogP contribution is -2.39. The third kappa shape index (κ3) is 6.77. The molecule has 5 nitrogen and oxygen atoms in total. The molecule has 0 aliphatic rings. The Hall–Kier alpha value is -1.10. The van der Waals surface area contributed by atoms with Crippen molar-refractivity contribution >= 4 is 11.9 Å². The van der Waals surface area contributed by atoms with Crippen LogP contribution >= 0.6 is 0 Å². The van der Waals surface area contributed by atoms with Crippen molar-refractivity contribution in [2.24, 2.45) is 10.8 Å². The lowest BCUT2D eigenvalue weighted by atomic mass is 9.72. The third-order valence-electron chi connectivity index (χ3n) is 3.91. The minimum atomic E-state index is -0.723. The van der Waals surface area contributed by atoms with Crippen molar-refractivity contribution in [2.45, 2.75) is 60.3 Å². The molecule has 0 fully saturated rings. The molecule has 0 N–H and O–H groups in total. The molecule has 0 heterocycles. The van der Waals surface area contributed by atoms with Gasteiger partial charge in [-0.3, -0.25) is 9.59 Å². The maximum atomic E-state index is 12.3. The predicted molar refractivity (Wildman–Crippen MR) is 85.5 cm³/mol. The summed E-state index contributed by atoms with van der Waals surface area (Å²) in [5, 5.41) is 0. The first-order valence-corrected chi connectivity index (χ1v) is 8.07. The van der Waals surface area contributed by atoms with E-state index in [-0.39, 0.29) is 18.5 Å². The van der Waals surface area contributed by atoms with Gasteiger partial charge in [0.25, 0.3) is 0 Å². The number of hydrogen-bond donors (Lipinski definition) is 0. The summed E-state index contributed by atoms with van der Waals surface area (Å²) >= 11 is 0. The molecular weight excluding hydrogens is 284 g/mol. The van der Waals surface area contributed by atoms with E-state index in [1.54, 1.807) is 7.11 Å². The van der Waals surface area contributed by atoms with Crippen molar-refractivity contribution in [1.29, 1.82) is 0 Å². The second kappa shape index (κ2) is 9.82. The lowest BCUT2D eigenvalue weighted by molar-refractivity contribution is -0.163. The van der Waals surface area contributed by atoms with Crippen LogP contribution in [0.4, 0.5) is 0 Å². The fourth-order valence-corrected chi connectivity index (χ4v) is 2.29. The third-order valence-corrected chi connectivity index (χ3v) is 3.91. The molecule has 0 aromatic rings. The number of esters is 2. The van der Waals surface area contributed by atoms with E-state index in [2.05, 4.69) is 0 Å². The van der Waals surface area contributed by atoms with Gasteiger partial charge in [0.1, 0.15) is 6.61 Å². The highest BCUT2D eigenvalue weighted by Crippen LogP contribution is 2.38. The van der Waals surface area contributed by atoms with E-state index in [1.165, 1.54) is 0 Å². The number of methoxy groups -OCH3 is 1. The van der Waals surface area contributed by atoms with E-state index >= 15 is 0 Å². The van der Waals surface area contributed by atoms with E-state index in [4.69, 9.17) is 14.2 Å². The minimum Gasteiger partial charge on any atom is -0.465 e. The minimum absolute atomic E-state index is 0.228. The molecule has 130 valence electrons. The van der Waals surface area contributed by atoms with Crippen LogP contribution in [0.15, 0.2) is 0 Å². The molecule has 0 aliphatic heterocycles. The summed E-state index contributed by atoms with van der Waals surface area (Å²) in [5.74, 6) is -0.549. The first-order chi connectivity index (χ1) is 10.2. The summed E-state index contributed by atoms with van der Waals surface area (Å²) in [4.78, 5) is 24.5. The van der Waals surface area contributed by atoms with E-state index in [0.29, 0.717) is 26.1 Å². The molecule has 5 heteroatoms. The molecule has 0 saturated carbocycles. The molecule has 0 spiro atoms. The maximum Gasteiger partial charge on any atom is 0.311 e. The van der Waals surface area contributed by atoms with Gasteiger partial charge in [-0.25, -0.2) is 0 Å². The summed E-state index contributed by atoms with van der Waals surface area (Å²) in [6, 6.07) is 0. The van der Waals surface area contributed by atoms with E-state index in [0.717, 1.165) is 12.8 Å². The van der Waals surface area contributed by atoms with Crippen LogP contribution in [0.2, 0.25) is 0 Å². The van der Waals surface area contributed by atoms with Crippen molar-refractivity contribution in [3.8, 4) is 0 Å². The Bertz CT molecular complexity index is 351. The Kier molecular flexibility index (Phi) is 9.33. The normalized spacial score (nSPS) is 14.3. The Morgan fingerprint density at radius 3 is 2.00 bits per heavy atom. The Morgan fingerprint density at radius 2 is 1.50 bits per heavy atom. The van der Waals surface area contributed by atoms with Crippen LogP contribution in [0.25, 0.3) is 0 Å². The molecule has 0 bridgehead atoms. The first-order valence-electron chi connectivity index (χ1n) is 8.07. The second-order valence-corrected chi connectivity index (χ2v) is 6.59. The molecule has 0 rings (SSSR count). The Balaban J connectivity index is 4.72. The molecule has 1 atom stereocenters. The zero-order chi connectivity index (χ0) is 17.2. The molecule has 0 aromatic heterocycles. The Labute approximate surface area is 134 Å². The summed E-state index contributed by atoms with van der Waals surface area (Å²) in [6.45, 7) is 10.5. The van der Waals surface area contributed by atoms with Crippen LogP contribution in [0, 0.1) is 10.8 Å². The zero-order valence-corrected chi connectivity index (χ0v) is 15.0. The maximum absolute atomic E-state index is 12.3. The fraction of sp³-hybridized carbons (Fsp3) is 0.882. The summed E-state index contributed by atoms with van der Waals surface area (Å²) < 4.78 is 15.4. The lowest BCUT2D eigenvalue weighted by Gasteiger charge is -2.33. The SMILES string of the molecule is CCCCOC(=O)C(C)(C)CC(C)(CC)C(=O)OCCOC. The van der Waals surface area contributed by atoms with Crippen molar-refractivity contribution in [3.63, 3.8) is 0 Å². The van der Waals surface area contributed by atoms with Gasteiger partial charge >= 0.3 is 11.9 Å². The second-order valence-electron chi connectivity index (χ2n) is 6.59. The number of rotatable bonds is 11. The number of unbranched alkanes of at least 4 members (excludes halogenated alkanes) is 1. The standard InChI is InChI=1S/C17H32O5/c1-7-9-10-21-14(18)16(3,4)13-17(5,8-2)15(19)22-12-11-20-6/h7-13H2,1-6H3. The van der Waals surface area contributed by atoms with Gasteiger partial charge in [0.05, 0.1) is 24.0 Å². The van der Waals surface area contributed by atoms with Gasteiger partial charge in [-0.1, -0.05) is 20.3 Å². The van der Waals surface area contributed by atoms with Gasteiger partial charge in [-0.15, -0.1) is 0 Å². The molecule has 0 aliphatic carbocycles. The van der Waals surface area contributed by atoms with Gasteiger partial charge in [-0.05, 0) is 40.0 Å². The van der Waals surface area contributed by atoms with Crippen LogP contribution in [0.3, 0.4) is 0 Å². The van der Waals surface area contributed by atoms with Crippen molar-refractivity contribution in [3.05, 3.63) is 0 Å². The summed E-state index contributed by atoms with van der Waals surface area (Å²) in [5.41, 5.74) is -1.43. The summed E-state index contributed by atoms with van der Waals surface area (Å²) in [7, 11) is 1.56. The summed E-state index contributed by atoms with van der Waals surface area (Å²) in [6.07, 6.45) is 2.83. The van der Waals surface area contributed by atoms with E-state index in [1.807, 2.05) is 34.6 Å². The van der Waals surface area contributed by atoms with Crippen LogP contribution in [0.1, 0.15) is 60.3 Å². The average Bonchev–Trinajstić information content (AvgIpc) is 2.46. The van der Waals surface area contributed by atoms with Crippen LogP contribution in [-0.2, 0) is 23.8 Å². The quantitative estimate of drug-likeness (QED) is 0.432. The van der Waals surface area contributed by atoms with Gasteiger partial charge in [0.2, 0.25) is 0 Å². The topological polar surface area (TPSA) is 61.8 Å². The zero-order valence-electron chi connectivity index (χ0n) is 15.0. The van der Waals surface area contributed by atoms with E-state index < -0.39 is 10.8 Å². The van der Waals surface area contributed by atoms with Crippen LogP contribution in [-0.4, -0.2) is 38.9 Å². The van der Waals surface area contributed by atoms with Crippen LogP contribution < -0.4 is 0 Å². The molecule has 1 unspecified atom stereocenters. The van der Waals surface area contributed by atoms with Crippen molar-refractivity contribution < 1.29 is 23.8 Å². The monoisotopic (exact) mass is 316 g/mol. The molecule has 0 radical (unpaired) electrons. The smallest absolute Gasteiger partial charge is 0.311 e. The van der Waals surface area contributed by atoms with Gasteiger partial charge in [0.15, 0.2) is 0 Å². The number of hydrogen-bond acceptors (Lipinski definition) is 5. The Morgan fingerprint density at radius 1 is 0.909 bits per heavy atom. The van der Waals surface area contributed by atoms with Gasteiger partial charge in [0, 0.05) is 7.11 Å². The van der Waals surface area contributed by atoms with Crippen molar-refractivity contribution in [1.82, 2.24) is 0 Å². The van der Waals surface area contributed by atoms with Crippen LogP contribution in [0.5, 0.6) is 0 Å². The molecule has 0 amide bonds. The highest BCUT2D eigenvalue weighted by molar-refractivity contribution is 5.80. The number of ether oxygens (including phenoxy) is 3.